The molecule has 0 saturated heterocycles. The smallest absolute Gasteiger partial charge is 0.309 e. The molecule has 0 aromatic rings. The van der Waals surface area contributed by atoms with Gasteiger partial charge in [0.25, 0.3) is 0 Å². The first-order valence-corrected chi connectivity index (χ1v) is 8.58. The van der Waals surface area contributed by atoms with Gasteiger partial charge in [-0.1, -0.05) is 43.5 Å². The molecule has 0 radical (unpaired) electrons. The van der Waals surface area contributed by atoms with Crippen LogP contribution in [0, 0.1) is 0 Å². The molecular formula is C10H16Br2ClO3P. The van der Waals surface area contributed by atoms with Gasteiger partial charge in [0, 0.05) is 34.3 Å². The van der Waals surface area contributed by atoms with Crippen LogP contribution in [-0.2, 0) is 13.6 Å². The van der Waals surface area contributed by atoms with Gasteiger partial charge in [-0.3, -0.25) is 4.57 Å². The van der Waals surface area contributed by atoms with Gasteiger partial charge in [0.2, 0.25) is 0 Å². The van der Waals surface area contributed by atoms with E-state index >= 15 is 0 Å². The summed E-state index contributed by atoms with van der Waals surface area (Å²) < 4.78 is 22.0. The molecule has 0 amide bonds. The molecule has 0 fully saturated rings. The molecule has 100 valence electrons. The van der Waals surface area contributed by atoms with E-state index in [1.165, 1.54) is 14.2 Å². The molecule has 0 bridgehead atoms. The summed E-state index contributed by atoms with van der Waals surface area (Å²) in [4.78, 5) is 0. The fourth-order valence-electron chi connectivity index (χ4n) is 1.71. The van der Waals surface area contributed by atoms with Crippen molar-refractivity contribution in [2.75, 3.05) is 14.2 Å². The molecule has 0 aromatic carbocycles. The van der Waals surface area contributed by atoms with E-state index in [4.69, 9.17) is 20.6 Å². The third-order valence-electron chi connectivity index (χ3n) is 3.20. The van der Waals surface area contributed by atoms with Gasteiger partial charge in [0.15, 0.2) is 0 Å². The van der Waals surface area contributed by atoms with E-state index in [1.807, 2.05) is 13.8 Å². The maximum absolute atomic E-state index is 12.4. The Morgan fingerprint density at radius 1 is 1.18 bits per heavy atom. The maximum atomic E-state index is 12.4. The Morgan fingerprint density at radius 2 is 1.59 bits per heavy atom. The number of allylic oxidation sites excluding steroid dienone is 2. The average Bonchev–Trinajstić information content (AvgIpc) is 2.22. The van der Waals surface area contributed by atoms with E-state index < -0.39 is 7.60 Å². The van der Waals surface area contributed by atoms with Crippen LogP contribution in [0.2, 0.25) is 0 Å². The van der Waals surface area contributed by atoms with Crippen molar-refractivity contribution in [1.29, 1.82) is 0 Å². The first kappa shape index (κ1) is 16.2. The molecule has 7 heteroatoms. The second kappa shape index (κ2) is 5.26. The number of halogens is 3. The highest BCUT2D eigenvalue weighted by atomic mass is 79.9. The van der Waals surface area contributed by atoms with E-state index in [0.29, 0.717) is 23.2 Å². The standard InChI is InChI=1S/C10H16Br2ClO3P/c1-9(11)5-7(13)8(6-10(9,2)12)17(14,15-3)16-4/h5-6H2,1-4H3. The third kappa shape index (κ3) is 3.01. The van der Waals surface area contributed by atoms with Gasteiger partial charge in [0.05, 0.1) is 5.31 Å². The molecule has 0 saturated carbocycles. The Bertz CT molecular complexity index is 385. The minimum absolute atomic E-state index is 0.201. The molecule has 1 aliphatic carbocycles. The summed E-state index contributed by atoms with van der Waals surface area (Å²) in [6, 6.07) is 0. The topological polar surface area (TPSA) is 35.5 Å². The van der Waals surface area contributed by atoms with Crippen molar-refractivity contribution in [2.45, 2.75) is 35.3 Å². The van der Waals surface area contributed by atoms with E-state index in [9.17, 15) is 4.57 Å². The lowest BCUT2D eigenvalue weighted by Crippen LogP contribution is -2.43. The predicted molar refractivity (Wildman–Crippen MR) is 78.4 cm³/mol. The molecule has 2 unspecified atom stereocenters. The van der Waals surface area contributed by atoms with Gasteiger partial charge < -0.3 is 9.05 Å². The quantitative estimate of drug-likeness (QED) is 0.484. The molecule has 0 aromatic heterocycles. The zero-order valence-corrected chi connectivity index (χ0v) is 15.0. The third-order valence-corrected chi connectivity index (χ3v) is 8.59. The van der Waals surface area contributed by atoms with Gasteiger partial charge in [0.1, 0.15) is 0 Å². The Kier molecular flexibility index (Phi) is 5.01. The number of rotatable bonds is 3. The summed E-state index contributed by atoms with van der Waals surface area (Å²) in [5.74, 6) is 0. The molecule has 3 nitrogen and oxygen atoms in total. The first-order chi connectivity index (χ1) is 7.59. The van der Waals surface area contributed by atoms with Crippen LogP contribution in [0.4, 0.5) is 0 Å². The van der Waals surface area contributed by atoms with E-state index in [-0.39, 0.29) is 8.65 Å². The van der Waals surface area contributed by atoms with Crippen LogP contribution in [0.5, 0.6) is 0 Å². The minimum Gasteiger partial charge on any atom is -0.309 e. The lowest BCUT2D eigenvalue weighted by Gasteiger charge is -2.43. The average molecular weight is 410 g/mol. The summed E-state index contributed by atoms with van der Waals surface area (Å²) in [5.41, 5.74) is 0. The van der Waals surface area contributed by atoms with Crippen LogP contribution in [0.15, 0.2) is 10.3 Å². The number of hydrogen-bond acceptors (Lipinski definition) is 3. The van der Waals surface area contributed by atoms with Crippen LogP contribution < -0.4 is 0 Å². The minimum atomic E-state index is -3.25. The van der Waals surface area contributed by atoms with Crippen LogP contribution >= 0.6 is 51.1 Å². The Labute approximate surface area is 124 Å². The molecule has 2 atom stereocenters. The lowest BCUT2D eigenvalue weighted by atomic mass is 9.85. The van der Waals surface area contributed by atoms with Crippen molar-refractivity contribution in [1.82, 2.24) is 0 Å². The van der Waals surface area contributed by atoms with Crippen molar-refractivity contribution in [3.63, 3.8) is 0 Å². The molecule has 0 heterocycles. The molecule has 0 N–H and O–H groups in total. The number of alkyl halides is 2. The normalized spacial score (nSPS) is 35.2. The number of hydrogen-bond donors (Lipinski definition) is 0. The SMILES string of the molecule is COP(=O)(OC)C1=C(Cl)CC(C)(Br)C(C)(Br)C1. The fourth-order valence-corrected chi connectivity index (χ4v) is 5.05. The van der Waals surface area contributed by atoms with Crippen LogP contribution in [0.3, 0.4) is 0 Å². The van der Waals surface area contributed by atoms with Crippen LogP contribution in [-0.4, -0.2) is 22.9 Å². The zero-order valence-electron chi connectivity index (χ0n) is 10.2. The van der Waals surface area contributed by atoms with Gasteiger partial charge in [-0.05, 0) is 20.3 Å². The van der Waals surface area contributed by atoms with E-state index in [1.54, 1.807) is 0 Å². The molecular weight excluding hydrogens is 394 g/mol. The zero-order chi connectivity index (χ0) is 13.5. The van der Waals surface area contributed by atoms with Crippen molar-refractivity contribution >= 4 is 51.1 Å². The fraction of sp³-hybridized carbons (Fsp3) is 0.800. The summed E-state index contributed by atoms with van der Waals surface area (Å²) in [7, 11) is -0.512. The van der Waals surface area contributed by atoms with Crippen LogP contribution in [0.1, 0.15) is 26.7 Å². The lowest BCUT2D eigenvalue weighted by molar-refractivity contribution is 0.279. The maximum Gasteiger partial charge on any atom is 0.358 e. The van der Waals surface area contributed by atoms with Gasteiger partial charge >= 0.3 is 7.60 Å². The summed E-state index contributed by atoms with van der Waals surface area (Å²) >= 11 is 13.5. The highest BCUT2D eigenvalue weighted by Gasteiger charge is 2.49. The second-order valence-corrected chi connectivity index (χ2v) is 10.7. The largest absolute Gasteiger partial charge is 0.358 e. The summed E-state index contributed by atoms with van der Waals surface area (Å²) in [6.07, 6.45) is 1.08. The molecule has 0 aliphatic heterocycles. The van der Waals surface area contributed by atoms with E-state index in [0.717, 1.165) is 0 Å². The first-order valence-electron chi connectivity index (χ1n) is 5.07. The molecule has 17 heavy (non-hydrogen) atoms. The van der Waals surface area contributed by atoms with E-state index in [2.05, 4.69) is 31.9 Å². The highest BCUT2D eigenvalue weighted by Crippen LogP contribution is 2.64. The summed E-state index contributed by atoms with van der Waals surface area (Å²) in [6.45, 7) is 4.08. The molecule has 1 rings (SSSR count). The van der Waals surface area contributed by atoms with Gasteiger partial charge in [-0.25, -0.2) is 0 Å². The van der Waals surface area contributed by atoms with Crippen molar-refractivity contribution < 1.29 is 13.6 Å². The Morgan fingerprint density at radius 3 is 2.00 bits per heavy atom. The predicted octanol–water partition coefficient (Wildman–Crippen LogP) is 5.02. The Hall–Kier alpha value is 1.14. The molecule has 1 aliphatic rings. The van der Waals surface area contributed by atoms with Crippen molar-refractivity contribution in [3.8, 4) is 0 Å². The Balaban J connectivity index is 3.24. The second-order valence-electron chi connectivity index (χ2n) is 4.46. The molecule has 0 spiro atoms. The monoisotopic (exact) mass is 408 g/mol. The van der Waals surface area contributed by atoms with Gasteiger partial charge in [-0.15, -0.1) is 0 Å². The van der Waals surface area contributed by atoms with Crippen molar-refractivity contribution in [2.24, 2.45) is 0 Å². The summed E-state index contributed by atoms with van der Waals surface area (Å²) in [5, 5.41) is 1.11. The van der Waals surface area contributed by atoms with Crippen LogP contribution in [0.25, 0.3) is 0 Å². The highest BCUT2D eigenvalue weighted by molar-refractivity contribution is 9.13. The van der Waals surface area contributed by atoms with Gasteiger partial charge in [-0.2, -0.15) is 0 Å². The van der Waals surface area contributed by atoms with Crippen molar-refractivity contribution in [3.05, 3.63) is 10.3 Å².